The van der Waals surface area contributed by atoms with Gasteiger partial charge in [-0.2, -0.15) is 0 Å². The molecule has 7 heteroatoms. The number of aliphatic imine (C=N–C) groups is 1. The van der Waals surface area contributed by atoms with E-state index in [-0.39, 0.29) is 5.54 Å². The molecule has 2 N–H and O–H groups in total. The molecule has 2 aliphatic heterocycles. The monoisotopic (exact) mass is 430 g/mol. The first-order valence-corrected chi connectivity index (χ1v) is 11.9. The number of hydrogen-bond donors (Lipinski definition) is 2. The number of rotatable bonds is 9. The summed E-state index contributed by atoms with van der Waals surface area (Å²) in [6.45, 7) is 19.5. The lowest BCUT2D eigenvalue weighted by molar-refractivity contribution is -0.00683. The van der Waals surface area contributed by atoms with Crippen LogP contribution in [0, 0.1) is 0 Å². The van der Waals surface area contributed by atoms with Gasteiger partial charge in [-0.1, -0.05) is 30.3 Å². The molecule has 0 bridgehead atoms. The molecule has 1 aromatic rings. The van der Waals surface area contributed by atoms with Gasteiger partial charge in [0.2, 0.25) is 0 Å². The van der Waals surface area contributed by atoms with E-state index in [4.69, 9.17) is 9.73 Å². The predicted molar refractivity (Wildman–Crippen MR) is 129 cm³/mol. The summed E-state index contributed by atoms with van der Waals surface area (Å²) in [4.78, 5) is 12.5. The van der Waals surface area contributed by atoms with E-state index < -0.39 is 0 Å². The number of morpholine rings is 1. The Morgan fingerprint density at radius 3 is 2.32 bits per heavy atom. The minimum Gasteiger partial charge on any atom is -0.379 e. The van der Waals surface area contributed by atoms with Gasteiger partial charge in [0.15, 0.2) is 5.96 Å². The first-order chi connectivity index (χ1) is 15.1. The maximum atomic E-state index is 5.50. The molecule has 31 heavy (non-hydrogen) atoms. The van der Waals surface area contributed by atoms with Crippen LogP contribution in [0.3, 0.4) is 0 Å². The van der Waals surface area contributed by atoms with Crippen LogP contribution in [-0.2, 0) is 11.3 Å². The third-order valence-corrected chi connectivity index (χ3v) is 6.27. The number of ether oxygens (including phenoxy) is 1. The maximum absolute atomic E-state index is 5.50. The summed E-state index contributed by atoms with van der Waals surface area (Å²) in [6, 6.07) is 10.8. The summed E-state index contributed by atoms with van der Waals surface area (Å²) < 4.78 is 5.50. The van der Waals surface area contributed by atoms with E-state index in [1.54, 1.807) is 0 Å². The minimum atomic E-state index is 0.0429. The molecular weight excluding hydrogens is 388 g/mol. The number of nitrogens with one attached hydrogen (secondary N) is 2. The number of guanidine groups is 1. The molecule has 0 spiro atoms. The zero-order valence-corrected chi connectivity index (χ0v) is 19.8. The molecule has 0 aromatic heterocycles. The van der Waals surface area contributed by atoms with Crippen molar-refractivity contribution in [3.63, 3.8) is 0 Å². The fourth-order valence-corrected chi connectivity index (χ4v) is 4.23. The summed E-state index contributed by atoms with van der Waals surface area (Å²) in [7, 11) is 0. The van der Waals surface area contributed by atoms with Crippen molar-refractivity contribution >= 4 is 5.96 Å². The second-order valence-electron chi connectivity index (χ2n) is 9.14. The van der Waals surface area contributed by atoms with Gasteiger partial charge in [0.05, 0.1) is 19.8 Å². The molecule has 2 aliphatic rings. The van der Waals surface area contributed by atoms with Gasteiger partial charge in [-0.25, -0.2) is 0 Å². The Kier molecular flexibility index (Phi) is 9.58. The molecule has 2 fully saturated rings. The Bertz CT molecular complexity index is 651. The molecule has 1 aromatic carbocycles. The standard InChI is InChI=1S/C24H42N6O/c1-4-25-23(27-21-24(2,3)30-16-18-31-19-17-30)26-10-11-28-12-14-29(15-13-28)20-22-8-6-5-7-9-22/h5-9H,4,10-21H2,1-3H3,(H2,25,26,27). The van der Waals surface area contributed by atoms with Gasteiger partial charge < -0.3 is 15.4 Å². The molecule has 0 amide bonds. The lowest BCUT2D eigenvalue weighted by atomic mass is 10.0. The SMILES string of the molecule is CCNC(=NCC(C)(C)N1CCOCC1)NCCN1CCN(Cc2ccccc2)CC1. The van der Waals surface area contributed by atoms with E-state index in [0.717, 1.165) is 91.2 Å². The van der Waals surface area contributed by atoms with Crippen LogP contribution < -0.4 is 10.6 Å². The van der Waals surface area contributed by atoms with Crippen molar-refractivity contribution in [1.82, 2.24) is 25.3 Å². The number of benzene rings is 1. The summed E-state index contributed by atoms with van der Waals surface area (Å²) in [6.07, 6.45) is 0. The van der Waals surface area contributed by atoms with Crippen LogP contribution in [-0.4, -0.2) is 105 Å². The Labute approximate surface area is 188 Å². The first kappa shape index (κ1) is 24.0. The molecule has 7 nitrogen and oxygen atoms in total. The van der Waals surface area contributed by atoms with Crippen LogP contribution in [0.5, 0.6) is 0 Å². The second kappa shape index (κ2) is 12.4. The second-order valence-corrected chi connectivity index (χ2v) is 9.14. The van der Waals surface area contributed by atoms with Crippen molar-refractivity contribution < 1.29 is 4.74 Å². The van der Waals surface area contributed by atoms with Crippen LogP contribution >= 0.6 is 0 Å². The van der Waals surface area contributed by atoms with Crippen LogP contribution in [0.15, 0.2) is 35.3 Å². The van der Waals surface area contributed by atoms with Crippen molar-refractivity contribution in [2.24, 2.45) is 4.99 Å². The highest BCUT2D eigenvalue weighted by atomic mass is 16.5. The van der Waals surface area contributed by atoms with E-state index in [0.29, 0.717) is 0 Å². The Morgan fingerprint density at radius 1 is 0.968 bits per heavy atom. The van der Waals surface area contributed by atoms with Crippen LogP contribution in [0.25, 0.3) is 0 Å². The molecule has 0 atom stereocenters. The van der Waals surface area contributed by atoms with Crippen molar-refractivity contribution in [1.29, 1.82) is 0 Å². The van der Waals surface area contributed by atoms with Crippen molar-refractivity contribution in [2.75, 3.05) is 78.7 Å². The quantitative estimate of drug-likeness (QED) is 0.457. The normalized spacial score (nSPS) is 20.0. The van der Waals surface area contributed by atoms with Gasteiger partial charge >= 0.3 is 0 Å². The topological polar surface area (TPSA) is 55.4 Å². The Morgan fingerprint density at radius 2 is 1.65 bits per heavy atom. The third kappa shape index (κ3) is 8.07. The number of piperazine rings is 1. The number of hydrogen-bond acceptors (Lipinski definition) is 5. The molecule has 0 radical (unpaired) electrons. The zero-order chi connectivity index (χ0) is 21.9. The smallest absolute Gasteiger partial charge is 0.191 e. The summed E-state index contributed by atoms with van der Waals surface area (Å²) in [5, 5.41) is 6.93. The highest BCUT2D eigenvalue weighted by Gasteiger charge is 2.28. The third-order valence-electron chi connectivity index (χ3n) is 6.27. The summed E-state index contributed by atoms with van der Waals surface area (Å²) >= 11 is 0. The van der Waals surface area contributed by atoms with E-state index >= 15 is 0 Å². The lowest BCUT2D eigenvalue weighted by Crippen LogP contribution is -2.52. The molecule has 0 saturated carbocycles. The lowest BCUT2D eigenvalue weighted by Gasteiger charge is -2.40. The van der Waals surface area contributed by atoms with Crippen molar-refractivity contribution in [3.05, 3.63) is 35.9 Å². The van der Waals surface area contributed by atoms with Gasteiger partial charge in [0, 0.05) is 71.0 Å². The summed E-state index contributed by atoms with van der Waals surface area (Å²) in [5.74, 6) is 0.923. The van der Waals surface area contributed by atoms with Gasteiger partial charge in [-0.15, -0.1) is 0 Å². The molecule has 0 aliphatic carbocycles. The molecule has 0 unspecified atom stereocenters. The maximum Gasteiger partial charge on any atom is 0.191 e. The molecular formula is C24H42N6O. The van der Waals surface area contributed by atoms with E-state index in [1.165, 1.54) is 5.56 Å². The van der Waals surface area contributed by atoms with Gasteiger partial charge in [0.1, 0.15) is 0 Å². The van der Waals surface area contributed by atoms with Crippen LogP contribution in [0.2, 0.25) is 0 Å². The van der Waals surface area contributed by atoms with Gasteiger partial charge in [0.25, 0.3) is 0 Å². The van der Waals surface area contributed by atoms with Gasteiger partial charge in [-0.05, 0) is 26.3 Å². The van der Waals surface area contributed by atoms with Crippen molar-refractivity contribution in [3.8, 4) is 0 Å². The molecule has 3 rings (SSSR count). The van der Waals surface area contributed by atoms with Crippen molar-refractivity contribution in [2.45, 2.75) is 32.9 Å². The average molecular weight is 431 g/mol. The fraction of sp³-hybridized carbons (Fsp3) is 0.708. The largest absolute Gasteiger partial charge is 0.379 e. The number of nitrogens with zero attached hydrogens (tertiary/aromatic N) is 4. The predicted octanol–water partition coefficient (Wildman–Crippen LogP) is 1.47. The van der Waals surface area contributed by atoms with Gasteiger partial charge in [-0.3, -0.25) is 19.7 Å². The first-order valence-electron chi connectivity index (χ1n) is 11.9. The molecule has 174 valence electrons. The average Bonchev–Trinajstić information content (AvgIpc) is 2.80. The molecule has 2 heterocycles. The van der Waals surface area contributed by atoms with E-state index in [9.17, 15) is 0 Å². The fourth-order valence-electron chi connectivity index (χ4n) is 4.23. The van der Waals surface area contributed by atoms with Crippen LogP contribution in [0.4, 0.5) is 0 Å². The van der Waals surface area contributed by atoms with E-state index in [2.05, 4.69) is 76.4 Å². The highest BCUT2D eigenvalue weighted by Crippen LogP contribution is 2.16. The molecule has 2 saturated heterocycles. The van der Waals surface area contributed by atoms with E-state index in [1.807, 2.05) is 0 Å². The Hall–Kier alpha value is -1.67. The highest BCUT2D eigenvalue weighted by molar-refractivity contribution is 5.79. The summed E-state index contributed by atoms with van der Waals surface area (Å²) in [5.41, 5.74) is 1.45. The van der Waals surface area contributed by atoms with Crippen LogP contribution in [0.1, 0.15) is 26.3 Å². The zero-order valence-electron chi connectivity index (χ0n) is 19.8. The minimum absolute atomic E-state index is 0.0429. The Balaban J connectivity index is 1.37.